The van der Waals surface area contributed by atoms with Crippen molar-refractivity contribution in [2.75, 3.05) is 0 Å². The molecule has 0 aromatic heterocycles. The Balaban J connectivity index is 0.00000112. The maximum atomic E-state index is 12.8. The lowest BCUT2D eigenvalue weighted by atomic mass is 10.00. The smallest absolute Gasteiger partial charge is 0.416 e. The van der Waals surface area contributed by atoms with Gasteiger partial charge in [-0.05, 0) is 63.8 Å². The molecule has 0 spiro atoms. The Morgan fingerprint density at radius 3 is 1.83 bits per heavy atom. The summed E-state index contributed by atoms with van der Waals surface area (Å²) in [6.45, 7) is 9.61. The highest BCUT2D eigenvalue weighted by Gasteiger charge is 2.31. The molecule has 0 aliphatic heterocycles. The molecular formula is C18H22BrF3O. The van der Waals surface area contributed by atoms with Crippen LogP contribution in [0.5, 0.6) is 5.75 Å². The summed E-state index contributed by atoms with van der Waals surface area (Å²) in [7, 11) is 0. The fraction of sp³-hybridized carbons (Fsp3) is 0.333. The van der Waals surface area contributed by atoms with E-state index in [1.54, 1.807) is 19.1 Å². The van der Waals surface area contributed by atoms with Crippen LogP contribution in [0.15, 0.2) is 40.9 Å². The van der Waals surface area contributed by atoms with E-state index >= 15 is 0 Å². The van der Waals surface area contributed by atoms with Gasteiger partial charge in [-0.15, -0.1) is 0 Å². The van der Waals surface area contributed by atoms with Crippen LogP contribution in [-0.2, 0) is 6.18 Å². The Morgan fingerprint density at radius 2 is 1.39 bits per heavy atom. The second-order valence-corrected chi connectivity index (χ2v) is 4.99. The molecule has 0 bridgehead atoms. The highest BCUT2D eigenvalue weighted by Crippen LogP contribution is 2.38. The summed E-state index contributed by atoms with van der Waals surface area (Å²) in [5.74, 6) is 0.0728. The summed E-state index contributed by atoms with van der Waals surface area (Å²) in [5.41, 5.74) is 0.889. The van der Waals surface area contributed by atoms with Crippen LogP contribution in [0.2, 0.25) is 0 Å². The van der Waals surface area contributed by atoms with E-state index < -0.39 is 11.7 Å². The van der Waals surface area contributed by atoms with Crippen molar-refractivity contribution in [1.82, 2.24) is 0 Å². The summed E-state index contributed by atoms with van der Waals surface area (Å²) in [4.78, 5) is 0. The zero-order chi connectivity index (χ0) is 18.2. The number of phenols is 1. The van der Waals surface area contributed by atoms with Crippen LogP contribution < -0.4 is 0 Å². The van der Waals surface area contributed by atoms with Gasteiger partial charge in [0.15, 0.2) is 0 Å². The molecule has 2 rings (SSSR count). The molecule has 0 radical (unpaired) electrons. The van der Waals surface area contributed by atoms with Gasteiger partial charge in [-0.3, -0.25) is 0 Å². The summed E-state index contributed by atoms with van der Waals surface area (Å²) in [6, 6.07) is 8.25. The quantitative estimate of drug-likeness (QED) is 0.545. The van der Waals surface area contributed by atoms with E-state index in [-0.39, 0.29) is 5.75 Å². The number of alkyl halides is 3. The van der Waals surface area contributed by atoms with E-state index in [1.165, 1.54) is 12.1 Å². The summed E-state index contributed by atoms with van der Waals surface area (Å²) < 4.78 is 39.0. The Kier molecular flexibility index (Phi) is 8.98. The van der Waals surface area contributed by atoms with Gasteiger partial charge >= 0.3 is 6.18 Å². The van der Waals surface area contributed by atoms with Crippen LogP contribution in [0.3, 0.4) is 0 Å². The molecule has 0 aliphatic carbocycles. The zero-order valence-electron chi connectivity index (χ0n) is 13.9. The van der Waals surface area contributed by atoms with Crippen molar-refractivity contribution >= 4 is 15.9 Å². The van der Waals surface area contributed by atoms with Gasteiger partial charge in [0.1, 0.15) is 5.75 Å². The molecule has 0 saturated carbocycles. The standard InChI is InChI=1S/C14H10BrF3O.2C2H6/c1-8-6-10(14(16,17)18)7-12(13(8)15)9-2-4-11(19)5-3-9;2*1-2/h2-7,19H,1H3;2*1-2H3. The number of hydrogen-bond acceptors (Lipinski definition) is 1. The number of phenolic OH excluding ortho intramolecular Hbond substituents is 1. The van der Waals surface area contributed by atoms with Crippen molar-refractivity contribution in [3.05, 3.63) is 52.0 Å². The largest absolute Gasteiger partial charge is 0.508 e. The molecule has 0 heterocycles. The third kappa shape index (κ3) is 5.90. The molecule has 0 saturated heterocycles. The lowest BCUT2D eigenvalue weighted by Crippen LogP contribution is -2.06. The monoisotopic (exact) mass is 390 g/mol. The highest BCUT2D eigenvalue weighted by molar-refractivity contribution is 9.10. The summed E-state index contributed by atoms with van der Waals surface area (Å²) in [5, 5.41) is 9.22. The Morgan fingerprint density at radius 1 is 0.913 bits per heavy atom. The van der Waals surface area contributed by atoms with Gasteiger partial charge < -0.3 is 5.11 Å². The molecule has 0 unspecified atom stereocenters. The number of benzene rings is 2. The van der Waals surface area contributed by atoms with Crippen LogP contribution in [-0.4, -0.2) is 5.11 Å². The van der Waals surface area contributed by atoms with E-state index in [0.29, 0.717) is 21.2 Å². The molecule has 1 N–H and O–H groups in total. The Hall–Kier alpha value is -1.49. The minimum absolute atomic E-state index is 0.0728. The first-order valence-electron chi connectivity index (χ1n) is 7.46. The third-order valence-electron chi connectivity index (χ3n) is 2.76. The van der Waals surface area contributed by atoms with Crippen molar-refractivity contribution in [3.8, 4) is 16.9 Å². The van der Waals surface area contributed by atoms with Crippen LogP contribution in [0.1, 0.15) is 38.8 Å². The van der Waals surface area contributed by atoms with Gasteiger partial charge in [0, 0.05) is 4.47 Å². The van der Waals surface area contributed by atoms with Gasteiger partial charge in [0.2, 0.25) is 0 Å². The lowest BCUT2D eigenvalue weighted by molar-refractivity contribution is -0.137. The van der Waals surface area contributed by atoms with Gasteiger partial charge in [0.05, 0.1) is 5.56 Å². The van der Waals surface area contributed by atoms with Gasteiger partial charge in [0.25, 0.3) is 0 Å². The minimum atomic E-state index is -4.38. The van der Waals surface area contributed by atoms with Crippen LogP contribution in [0.25, 0.3) is 11.1 Å². The normalized spacial score (nSPS) is 10.1. The average molecular weight is 391 g/mol. The van der Waals surface area contributed by atoms with E-state index in [2.05, 4.69) is 15.9 Å². The van der Waals surface area contributed by atoms with Crippen LogP contribution in [0.4, 0.5) is 13.2 Å². The average Bonchev–Trinajstić information content (AvgIpc) is 2.54. The zero-order valence-corrected chi connectivity index (χ0v) is 15.5. The molecular weight excluding hydrogens is 369 g/mol. The second kappa shape index (κ2) is 9.60. The third-order valence-corrected chi connectivity index (χ3v) is 3.81. The molecule has 0 aliphatic rings. The van der Waals surface area contributed by atoms with E-state index in [4.69, 9.17) is 0 Å². The van der Waals surface area contributed by atoms with Gasteiger partial charge in [-0.1, -0.05) is 39.8 Å². The molecule has 2 aromatic rings. The molecule has 1 nitrogen and oxygen atoms in total. The molecule has 2 aromatic carbocycles. The fourth-order valence-electron chi connectivity index (χ4n) is 1.78. The molecule has 23 heavy (non-hydrogen) atoms. The first kappa shape index (κ1) is 21.5. The second-order valence-electron chi connectivity index (χ2n) is 4.20. The molecule has 0 fully saturated rings. The Bertz CT molecular complexity index is 605. The van der Waals surface area contributed by atoms with Crippen molar-refractivity contribution in [2.24, 2.45) is 0 Å². The molecule has 0 amide bonds. The van der Waals surface area contributed by atoms with Crippen LogP contribution >= 0.6 is 15.9 Å². The highest BCUT2D eigenvalue weighted by atomic mass is 79.9. The number of halogens is 4. The van der Waals surface area contributed by atoms with Crippen molar-refractivity contribution < 1.29 is 18.3 Å². The molecule has 128 valence electrons. The summed E-state index contributed by atoms with van der Waals surface area (Å²) >= 11 is 3.31. The predicted octanol–water partition coefficient (Wildman–Crippen LogP) is 7.20. The van der Waals surface area contributed by atoms with Gasteiger partial charge in [-0.2, -0.15) is 13.2 Å². The fourth-order valence-corrected chi connectivity index (χ4v) is 2.24. The minimum Gasteiger partial charge on any atom is -0.508 e. The maximum Gasteiger partial charge on any atom is 0.416 e. The first-order valence-corrected chi connectivity index (χ1v) is 8.25. The topological polar surface area (TPSA) is 20.2 Å². The maximum absolute atomic E-state index is 12.8. The Labute approximate surface area is 144 Å². The van der Waals surface area contributed by atoms with E-state index in [9.17, 15) is 18.3 Å². The van der Waals surface area contributed by atoms with Crippen molar-refractivity contribution in [3.63, 3.8) is 0 Å². The summed E-state index contributed by atoms with van der Waals surface area (Å²) in [6.07, 6.45) is -4.38. The van der Waals surface area contributed by atoms with Gasteiger partial charge in [-0.25, -0.2) is 0 Å². The van der Waals surface area contributed by atoms with E-state index in [1.807, 2.05) is 27.7 Å². The lowest BCUT2D eigenvalue weighted by Gasteiger charge is -2.13. The number of aromatic hydroxyl groups is 1. The predicted molar refractivity (Wildman–Crippen MR) is 93.7 cm³/mol. The first-order chi connectivity index (χ1) is 10.8. The molecule has 5 heteroatoms. The number of rotatable bonds is 1. The number of aryl methyl sites for hydroxylation is 1. The molecule has 0 atom stereocenters. The SMILES string of the molecule is CC.CC.Cc1cc(C(F)(F)F)cc(-c2ccc(O)cc2)c1Br. The van der Waals surface area contributed by atoms with E-state index in [0.717, 1.165) is 12.1 Å². The number of hydrogen-bond donors (Lipinski definition) is 1. The van der Waals surface area contributed by atoms with Crippen molar-refractivity contribution in [1.29, 1.82) is 0 Å². The van der Waals surface area contributed by atoms with Crippen molar-refractivity contribution in [2.45, 2.75) is 40.8 Å². The van der Waals surface area contributed by atoms with Crippen LogP contribution in [0, 0.1) is 6.92 Å².